The maximum atomic E-state index is 5.87. The Bertz CT molecular complexity index is 519. The molecular weight excluding hydrogens is 224 g/mol. The van der Waals surface area contributed by atoms with Gasteiger partial charge >= 0.3 is 0 Å². The Hall–Kier alpha value is -1.39. The van der Waals surface area contributed by atoms with Crippen molar-refractivity contribution in [2.75, 3.05) is 13.1 Å². The maximum absolute atomic E-state index is 5.87. The highest BCUT2D eigenvalue weighted by Crippen LogP contribution is 2.22. The van der Waals surface area contributed by atoms with E-state index in [9.17, 15) is 0 Å². The number of aromatic amines is 1. The lowest BCUT2D eigenvalue weighted by Gasteiger charge is -2.34. The number of fused-ring (bicyclic) bond motifs is 1. The van der Waals surface area contributed by atoms with Gasteiger partial charge in [-0.1, -0.05) is 24.6 Å². The molecule has 2 heterocycles. The van der Waals surface area contributed by atoms with Crippen molar-refractivity contribution >= 4 is 10.9 Å². The van der Waals surface area contributed by atoms with Crippen LogP contribution in [0.4, 0.5) is 0 Å². The summed E-state index contributed by atoms with van der Waals surface area (Å²) in [4.78, 5) is 2.49. The number of nitrogens with two attached hydrogens (primary N) is 1. The first-order chi connectivity index (χ1) is 8.88. The van der Waals surface area contributed by atoms with Crippen LogP contribution >= 0.6 is 0 Å². The van der Waals surface area contributed by atoms with Gasteiger partial charge in [0.1, 0.15) is 0 Å². The van der Waals surface area contributed by atoms with Crippen LogP contribution in [0.1, 0.15) is 25.0 Å². The summed E-state index contributed by atoms with van der Waals surface area (Å²) < 4.78 is 0. The summed E-state index contributed by atoms with van der Waals surface area (Å²) in [6, 6.07) is 8.80. The average Bonchev–Trinajstić information content (AvgIpc) is 2.83. The Labute approximate surface area is 107 Å². The van der Waals surface area contributed by atoms with E-state index in [1.807, 2.05) is 12.1 Å². The third-order valence-electron chi connectivity index (χ3n) is 3.92. The number of rotatable bonds is 3. The third-order valence-corrected chi connectivity index (χ3v) is 3.92. The first kappa shape index (κ1) is 11.7. The van der Waals surface area contributed by atoms with Crippen molar-refractivity contribution in [1.82, 2.24) is 15.1 Å². The number of H-pyrrole nitrogens is 1. The van der Waals surface area contributed by atoms with Crippen LogP contribution in [0.25, 0.3) is 10.9 Å². The van der Waals surface area contributed by atoms with E-state index in [4.69, 9.17) is 5.73 Å². The van der Waals surface area contributed by atoms with Crippen LogP contribution in [0.2, 0.25) is 0 Å². The molecule has 96 valence electrons. The molecule has 0 unspecified atom stereocenters. The summed E-state index contributed by atoms with van der Waals surface area (Å²) in [6.07, 6.45) is 3.81. The molecule has 3 rings (SSSR count). The van der Waals surface area contributed by atoms with Crippen molar-refractivity contribution in [2.24, 2.45) is 5.73 Å². The second-order valence-corrected chi connectivity index (χ2v) is 5.08. The number of hydrogen-bond donors (Lipinski definition) is 2. The number of hydrogen-bond acceptors (Lipinski definition) is 3. The largest absolute Gasteiger partial charge is 0.329 e. The van der Waals surface area contributed by atoms with Crippen LogP contribution in [0.3, 0.4) is 0 Å². The van der Waals surface area contributed by atoms with E-state index in [-0.39, 0.29) is 0 Å². The third kappa shape index (κ3) is 2.13. The van der Waals surface area contributed by atoms with E-state index in [0.29, 0.717) is 6.04 Å². The highest BCUT2D eigenvalue weighted by molar-refractivity contribution is 5.81. The number of piperidine rings is 1. The van der Waals surface area contributed by atoms with Gasteiger partial charge in [-0.3, -0.25) is 10.00 Å². The van der Waals surface area contributed by atoms with Crippen molar-refractivity contribution in [3.05, 3.63) is 30.0 Å². The summed E-state index contributed by atoms with van der Waals surface area (Å²) in [5.41, 5.74) is 8.13. The van der Waals surface area contributed by atoms with Crippen LogP contribution in [0.5, 0.6) is 0 Å². The fourth-order valence-electron chi connectivity index (χ4n) is 2.87. The van der Waals surface area contributed by atoms with Crippen molar-refractivity contribution in [3.8, 4) is 0 Å². The molecule has 1 aliphatic heterocycles. The molecule has 0 aliphatic carbocycles. The predicted octanol–water partition coefficient (Wildman–Crippen LogP) is 1.88. The number of aromatic nitrogens is 2. The lowest BCUT2D eigenvalue weighted by molar-refractivity contribution is 0.143. The van der Waals surface area contributed by atoms with Gasteiger partial charge in [0.15, 0.2) is 0 Å². The molecule has 4 heteroatoms. The first-order valence-corrected chi connectivity index (χ1v) is 6.74. The van der Waals surface area contributed by atoms with E-state index in [0.717, 1.165) is 25.2 Å². The van der Waals surface area contributed by atoms with Crippen molar-refractivity contribution in [3.63, 3.8) is 0 Å². The minimum Gasteiger partial charge on any atom is -0.329 e. The smallest absolute Gasteiger partial charge is 0.0924 e. The topological polar surface area (TPSA) is 57.9 Å². The Morgan fingerprint density at radius 3 is 3.11 bits per heavy atom. The highest BCUT2D eigenvalue weighted by atomic mass is 15.2. The van der Waals surface area contributed by atoms with E-state index < -0.39 is 0 Å². The lowest BCUT2D eigenvalue weighted by Crippen LogP contribution is -2.43. The van der Waals surface area contributed by atoms with E-state index in [2.05, 4.69) is 27.2 Å². The highest BCUT2D eigenvalue weighted by Gasteiger charge is 2.22. The van der Waals surface area contributed by atoms with E-state index >= 15 is 0 Å². The second-order valence-electron chi connectivity index (χ2n) is 5.08. The Morgan fingerprint density at radius 2 is 2.22 bits per heavy atom. The molecular formula is C14H20N4. The predicted molar refractivity (Wildman–Crippen MR) is 73.2 cm³/mol. The zero-order chi connectivity index (χ0) is 12.4. The quantitative estimate of drug-likeness (QED) is 0.866. The number of nitrogens with zero attached hydrogens (tertiary/aromatic N) is 2. The van der Waals surface area contributed by atoms with Gasteiger partial charge in [-0.05, 0) is 25.5 Å². The molecule has 0 saturated carbocycles. The van der Waals surface area contributed by atoms with Crippen LogP contribution in [-0.2, 0) is 6.54 Å². The molecule has 3 N–H and O–H groups in total. The molecule has 2 aromatic rings. The summed E-state index contributed by atoms with van der Waals surface area (Å²) in [5.74, 6) is 0. The van der Waals surface area contributed by atoms with E-state index in [1.165, 1.54) is 30.3 Å². The van der Waals surface area contributed by atoms with Crippen LogP contribution in [0.15, 0.2) is 24.3 Å². The van der Waals surface area contributed by atoms with Crippen LogP contribution in [-0.4, -0.2) is 34.2 Å². The number of benzene rings is 1. The summed E-state index contributed by atoms with van der Waals surface area (Å²) in [6.45, 7) is 2.84. The molecule has 1 aliphatic rings. The Balaban J connectivity index is 1.82. The first-order valence-electron chi connectivity index (χ1n) is 6.74. The molecule has 1 atom stereocenters. The molecule has 1 aromatic carbocycles. The van der Waals surface area contributed by atoms with Gasteiger partial charge in [-0.15, -0.1) is 0 Å². The van der Waals surface area contributed by atoms with Crippen molar-refractivity contribution < 1.29 is 0 Å². The van der Waals surface area contributed by atoms with Crippen molar-refractivity contribution in [1.29, 1.82) is 0 Å². The number of para-hydroxylation sites is 1. The zero-order valence-electron chi connectivity index (χ0n) is 10.6. The molecule has 1 saturated heterocycles. The average molecular weight is 244 g/mol. The van der Waals surface area contributed by atoms with E-state index in [1.54, 1.807) is 0 Å². The molecule has 1 fully saturated rings. The molecule has 0 bridgehead atoms. The normalized spacial score (nSPS) is 21.5. The Kier molecular flexibility index (Phi) is 3.30. The molecule has 1 aromatic heterocycles. The van der Waals surface area contributed by atoms with Crippen molar-refractivity contribution in [2.45, 2.75) is 31.8 Å². The minimum atomic E-state index is 0.529. The summed E-state index contributed by atoms with van der Waals surface area (Å²) in [5, 5.41) is 8.76. The minimum absolute atomic E-state index is 0.529. The SMILES string of the molecule is NC[C@@H]1CCCCN1Cc1[nH]nc2ccccc12. The lowest BCUT2D eigenvalue weighted by atomic mass is 10.0. The zero-order valence-corrected chi connectivity index (χ0v) is 10.6. The number of nitrogens with one attached hydrogen (secondary N) is 1. The molecule has 0 spiro atoms. The van der Waals surface area contributed by atoms with Gasteiger partial charge in [0.25, 0.3) is 0 Å². The van der Waals surface area contributed by atoms with Crippen LogP contribution in [0, 0.1) is 0 Å². The van der Waals surface area contributed by atoms with Gasteiger partial charge in [0.05, 0.1) is 11.2 Å². The fraction of sp³-hybridized carbons (Fsp3) is 0.500. The monoisotopic (exact) mass is 244 g/mol. The summed E-state index contributed by atoms with van der Waals surface area (Å²) in [7, 11) is 0. The maximum Gasteiger partial charge on any atom is 0.0924 e. The standard InChI is InChI=1S/C14H20N4/c15-9-11-5-3-4-8-18(11)10-14-12-6-1-2-7-13(12)16-17-14/h1-2,6-7,11H,3-5,8-10,15H2,(H,16,17)/t11-/m0/s1. The number of likely N-dealkylation sites (tertiary alicyclic amines) is 1. The molecule has 0 radical (unpaired) electrons. The fourth-order valence-corrected chi connectivity index (χ4v) is 2.87. The van der Waals surface area contributed by atoms with Gasteiger partial charge in [-0.25, -0.2) is 0 Å². The molecule has 0 amide bonds. The van der Waals surface area contributed by atoms with Gasteiger partial charge in [-0.2, -0.15) is 5.10 Å². The molecule has 4 nitrogen and oxygen atoms in total. The molecule has 18 heavy (non-hydrogen) atoms. The Morgan fingerprint density at radius 1 is 1.33 bits per heavy atom. The second kappa shape index (κ2) is 5.08. The van der Waals surface area contributed by atoms with Crippen LogP contribution < -0.4 is 5.73 Å². The van der Waals surface area contributed by atoms with Gasteiger partial charge < -0.3 is 5.73 Å². The summed E-state index contributed by atoms with van der Waals surface area (Å²) >= 11 is 0. The van der Waals surface area contributed by atoms with Gasteiger partial charge in [0.2, 0.25) is 0 Å². The van der Waals surface area contributed by atoms with Gasteiger partial charge in [0, 0.05) is 24.5 Å².